The second-order valence-corrected chi connectivity index (χ2v) is 19.7. The third-order valence-corrected chi connectivity index (χ3v) is 15.6. The summed E-state index contributed by atoms with van der Waals surface area (Å²) < 4.78 is 54.3. The molecular formula is C49H43Cl2N5O9S2. The number of anilines is 1. The Balaban J connectivity index is 1.04. The Morgan fingerprint density at radius 2 is 1.61 bits per heavy atom. The van der Waals surface area contributed by atoms with E-state index in [0.29, 0.717) is 49.5 Å². The van der Waals surface area contributed by atoms with Crippen molar-refractivity contribution >= 4 is 67.5 Å². The first-order valence-electron chi connectivity index (χ1n) is 21.1. The molecule has 1 aromatic heterocycles. The van der Waals surface area contributed by atoms with Gasteiger partial charge in [0.15, 0.2) is 26.9 Å². The molecule has 0 radical (unpaired) electrons. The first kappa shape index (κ1) is 47.0. The van der Waals surface area contributed by atoms with Crippen LogP contribution in [0, 0.1) is 18.3 Å². The molecule has 14 nitrogen and oxygen atoms in total. The van der Waals surface area contributed by atoms with Gasteiger partial charge in [-0.1, -0.05) is 96.1 Å². The number of sulfonamides is 1. The Morgan fingerprint density at radius 1 is 0.925 bits per heavy atom. The minimum atomic E-state index is -4.47. The lowest BCUT2D eigenvalue weighted by Gasteiger charge is -2.36. The third-order valence-electron chi connectivity index (χ3n) is 11.4. The minimum Gasteiger partial charge on any atom is -0.489 e. The van der Waals surface area contributed by atoms with E-state index in [1.165, 1.54) is 14.0 Å². The summed E-state index contributed by atoms with van der Waals surface area (Å²) in [6.07, 6.45) is -0.373. The average molecular weight is 981 g/mol. The zero-order valence-corrected chi connectivity index (χ0v) is 39.5. The van der Waals surface area contributed by atoms with E-state index in [-0.39, 0.29) is 60.0 Å². The number of thiazole rings is 1. The van der Waals surface area contributed by atoms with Crippen LogP contribution in [0.3, 0.4) is 0 Å². The molecule has 0 saturated heterocycles. The lowest BCUT2D eigenvalue weighted by molar-refractivity contribution is -0.145. The zero-order chi connectivity index (χ0) is 47.4. The number of esters is 1. The number of fused-ring (bicyclic) bond motifs is 2. The number of aromatic nitrogens is 1. The molecule has 8 rings (SSSR count). The molecular weight excluding hydrogens is 938 g/mol. The molecule has 3 atom stereocenters. The number of aryl methyl sites for hydroxylation is 1. The third kappa shape index (κ3) is 10.6. The molecule has 0 aliphatic carbocycles. The van der Waals surface area contributed by atoms with Crippen LogP contribution < -0.4 is 24.8 Å². The number of carbonyl (C=O) groups excluding carboxylic acids is 3. The van der Waals surface area contributed by atoms with Crippen molar-refractivity contribution in [2.75, 3.05) is 19.0 Å². The van der Waals surface area contributed by atoms with Gasteiger partial charge >= 0.3 is 5.97 Å². The molecule has 6 aromatic rings. The molecule has 2 amide bonds. The lowest BCUT2D eigenvalue weighted by Crippen LogP contribution is -2.56. The monoisotopic (exact) mass is 979 g/mol. The Hall–Kier alpha value is -6.48. The van der Waals surface area contributed by atoms with Crippen molar-refractivity contribution in [2.24, 2.45) is 0 Å². The summed E-state index contributed by atoms with van der Waals surface area (Å²) in [6, 6.07) is 30.3. The molecule has 2 aliphatic rings. The molecule has 2 N–H and O–H groups in total. The molecule has 0 bridgehead atoms. The Labute approximate surface area is 401 Å². The van der Waals surface area contributed by atoms with Crippen LogP contribution in [0.25, 0.3) is 11.1 Å². The quantitative estimate of drug-likeness (QED) is 0.0995. The van der Waals surface area contributed by atoms with Gasteiger partial charge in [-0.2, -0.15) is 9.57 Å². The highest BCUT2D eigenvalue weighted by molar-refractivity contribution is 7.91. The first-order chi connectivity index (χ1) is 32.2. The normalized spacial score (nSPS) is 15.9. The number of rotatable bonds is 14. The molecule has 3 heterocycles. The van der Waals surface area contributed by atoms with Gasteiger partial charge in [-0.05, 0) is 101 Å². The maximum atomic E-state index is 14.8. The van der Waals surface area contributed by atoms with Crippen LogP contribution in [0.2, 0.25) is 10.0 Å². The van der Waals surface area contributed by atoms with Crippen LogP contribution >= 0.6 is 34.5 Å². The van der Waals surface area contributed by atoms with Crippen molar-refractivity contribution in [1.82, 2.24) is 14.6 Å². The first-order valence-corrected chi connectivity index (χ1v) is 24.1. The van der Waals surface area contributed by atoms with Crippen molar-refractivity contribution in [3.8, 4) is 34.4 Å². The van der Waals surface area contributed by atoms with Gasteiger partial charge in [-0.3, -0.25) is 9.59 Å². The largest absolute Gasteiger partial charge is 0.489 e. The van der Waals surface area contributed by atoms with E-state index < -0.39 is 40.1 Å². The fraction of sp³-hybridized carbons (Fsp3) is 0.245. The number of nitriles is 1. The summed E-state index contributed by atoms with van der Waals surface area (Å²) in [4.78, 5) is 44.4. The summed E-state index contributed by atoms with van der Waals surface area (Å²) in [5.74, 6) is -0.328. The van der Waals surface area contributed by atoms with Crippen LogP contribution in [0.5, 0.6) is 17.2 Å². The van der Waals surface area contributed by atoms with Crippen molar-refractivity contribution in [3.05, 3.63) is 152 Å². The van der Waals surface area contributed by atoms with E-state index in [0.717, 1.165) is 37.9 Å². The summed E-state index contributed by atoms with van der Waals surface area (Å²) in [6.45, 7) is 3.41. The number of carbonyl (C=O) groups is 3. The predicted octanol–water partition coefficient (Wildman–Crippen LogP) is 8.75. The minimum absolute atomic E-state index is 0.0465. The molecule has 0 saturated carbocycles. The molecule has 0 fully saturated rings. The van der Waals surface area contributed by atoms with Gasteiger partial charge in [0.05, 0.1) is 34.5 Å². The van der Waals surface area contributed by atoms with Crippen LogP contribution in [-0.4, -0.2) is 61.3 Å². The maximum Gasteiger partial charge on any atom is 0.328 e. The number of methoxy groups -OCH3 is 1. The van der Waals surface area contributed by atoms with Gasteiger partial charge < -0.3 is 29.6 Å². The highest BCUT2D eigenvalue weighted by Crippen LogP contribution is 2.43. The number of hydrogen-bond donors (Lipinski definition) is 2. The number of hydrogen-bond acceptors (Lipinski definition) is 12. The topological polar surface area (TPSA) is 186 Å². The number of amides is 2. The van der Waals surface area contributed by atoms with Gasteiger partial charge in [0.25, 0.3) is 10.0 Å². The Bertz CT molecular complexity index is 3000. The Kier molecular flexibility index (Phi) is 14.2. The van der Waals surface area contributed by atoms with Crippen molar-refractivity contribution < 1.29 is 41.7 Å². The number of nitrogens with one attached hydrogen (secondary N) is 2. The smallest absolute Gasteiger partial charge is 0.328 e. The lowest BCUT2D eigenvalue weighted by atomic mass is 9.93. The second-order valence-electron chi connectivity index (χ2n) is 15.8. The van der Waals surface area contributed by atoms with Crippen LogP contribution in [-0.2, 0) is 55.1 Å². The average Bonchev–Trinajstić information content (AvgIpc) is 3.72. The van der Waals surface area contributed by atoms with E-state index in [9.17, 15) is 28.1 Å². The van der Waals surface area contributed by atoms with Crippen LogP contribution in [0.15, 0.2) is 107 Å². The second kappa shape index (κ2) is 20.2. The summed E-state index contributed by atoms with van der Waals surface area (Å²) in [7, 11) is -3.25. The van der Waals surface area contributed by atoms with Gasteiger partial charge in [0.1, 0.15) is 31.0 Å². The van der Waals surface area contributed by atoms with Crippen molar-refractivity contribution in [2.45, 2.75) is 68.7 Å². The molecule has 2 aliphatic heterocycles. The maximum absolute atomic E-state index is 14.8. The molecule has 3 unspecified atom stereocenters. The fourth-order valence-electron chi connectivity index (χ4n) is 7.74. The van der Waals surface area contributed by atoms with Crippen molar-refractivity contribution in [3.63, 3.8) is 0 Å². The SMILES string of the molecule is CCC(=O)Nc1nc(C)c(S(=O)(=O)N2Cc3cc4c(cc3CC2C(=O)NC(Cc2ccc(-c3ccc(C#N)cc3)cc2)C(=O)OC)OCC(c2ccc(OCc3ccc(Cl)c(Cl)c3)cc2)O4)s1. The van der Waals surface area contributed by atoms with E-state index in [4.69, 9.17) is 42.1 Å². The highest BCUT2D eigenvalue weighted by Gasteiger charge is 2.43. The van der Waals surface area contributed by atoms with E-state index in [1.807, 2.05) is 66.7 Å². The summed E-state index contributed by atoms with van der Waals surface area (Å²) >= 11 is 13.0. The number of ether oxygens (including phenoxy) is 4. The van der Waals surface area contributed by atoms with Gasteiger partial charge in [-0.15, -0.1) is 0 Å². The Morgan fingerprint density at radius 3 is 2.28 bits per heavy atom. The molecule has 0 spiro atoms. The van der Waals surface area contributed by atoms with Gasteiger partial charge in [0, 0.05) is 19.4 Å². The van der Waals surface area contributed by atoms with E-state index in [1.54, 1.807) is 43.3 Å². The fourth-order valence-corrected chi connectivity index (χ4v) is 11.2. The highest BCUT2D eigenvalue weighted by atomic mass is 35.5. The van der Waals surface area contributed by atoms with Gasteiger partial charge in [0.2, 0.25) is 11.8 Å². The molecule has 67 heavy (non-hydrogen) atoms. The van der Waals surface area contributed by atoms with Crippen LogP contribution in [0.4, 0.5) is 5.13 Å². The van der Waals surface area contributed by atoms with Crippen LogP contribution in [0.1, 0.15) is 58.5 Å². The van der Waals surface area contributed by atoms with Gasteiger partial charge in [-0.25, -0.2) is 18.2 Å². The number of benzene rings is 5. The molecule has 344 valence electrons. The number of nitrogens with zero attached hydrogens (tertiary/aromatic N) is 3. The van der Waals surface area contributed by atoms with Crippen molar-refractivity contribution in [1.29, 1.82) is 5.26 Å². The summed E-state index contributed by atoms with van der Waals surface area (Å²) in [5, 5.41) is 15.6. The standard InChI is InChI=1S/C49H43Cl2N5O9S2/c1-4-45(57)55-49-53-28(2)48(66-49)67(60,61)56-25-36-23-43-42(64-27-44(65-43)34-14-16-37(17-15-34)63-26-31-9-18-38(50)39(51)19-31)22-35(36)21-41(56)46(58)54-40(47(59)62-3)20-29-5-10-32(11-6-29)33-12-7-30(24-52)8-13-33/h5-19,22-23,40-41,44H,4,20-21,25-27H2,1-3H3,(H,54,58)(H,53,55,57). The predicted molar refractivity (Wildman–Crippen MR) is 253 cm³/mol. The number of halogens is 2. The molecule has 18 heteroatoms. The zero-order valence-electron chi connectivity index (χ0n) is 36.4. The van der Waals surface area contributed by atoms with E-state index >= 15 is 0 Å². The molecule has 5 aromatic carbocycles. The summed E-state index contributed by atoms with van der Waals surface area (Å²) in [5.41, 5.74) is 6.08. The van der Waals surface area contributed by atoms with E-state index in [2.05, 4.69) is 21.7 Å².